The van der Waals surface area contributed by atoms with Crippen LogP contribution < -0.4 is 10.6 Å². The number of rotatable bonds is 12. The Morgan fingerprint density at radius 2 is 1.42 bits per heavy atom. The molecular weight excluding hydrogens is 662 g/mol. The third kappa shape index (κ3) is 7.17. The summed E-state index contributed by atoms with van der Waals surface area (Å²) in [7, 11) is 0. The highest BCUT2D eigenvalue weighted by atomic mass is 16.6. The molecule has 5 aromatic carbocycles. The summed E-state index contributed by atoms with van der Waals surface area (Å²) in [6.45, 7) is 1.97. The molecule has 12 nitrogen and oxygen atoms in total. The van der Waals surface area contributed by atoms with E-state index in [1.807, 2.05) is 90.5 Å². The number of amides is 2. The highest BCUT2D eigenvalue weighted by Crippen LogP contribution is 2.41. The van der Waals surface area contributed by atoms with E-state index >= 15 is 0 Å². The number of carbonyl (C=O) groups is 2. The molecule has 1 heterocycles. The molecule has 0 fully saturated rings. The van der Waals surface area contributed by atoms with Gasteiger partial charge in [-0.1, -0.05) is 96.6 Å². The van der Waals surface area contributed by atoms with E-state index in [9.17, 15) is 35.0 Å². The van der Waals surface area contributed by atoms with Gasteiger partial charge in [-0.2, -0.15) is 0 Å². The third-order valence-corrected chi connectivity index (χ3v) is 8.85. The Morgan fingerprint density at radius 3 is 2.04 bits per heavy atom. The number of phenols is 3. The molecule has 0 unspecified atom stereocenters. The van der Waals surface area contributed by atoms with Gasteiger partial charge in [-0.25, -0.2) is 4.98 Å². The van der Waals surface area contributed by atoms with Gasteiger partial charge in [-0.3, -0.25) is 19.7 Å². The quantitative estimate of drug-likeness (QED) is 0.0467. The molecule has 262 valence electrons. The fourth-order valence-corrected chi connectivity index (χ4v) is 6.22. The van der Waals surface area contributed by atoms with Crippen LogP contribution in [0.2, 0.25) is 0 Å². The lowest BCUT2D eigenvalue weighted by molar-refractivity contribution is -0.385. The summed E-state index contributed by atoms with van der Waals surface area (Å²) in [4.78, 5) is 42.6. The second-order valence-electron chi connectivity index (χ2n) is 12.3. The first-order chi connectivity index (χ1) is 25.1. The number of nitrogens with one attached hydrogen (secondary N) is 2. The summed E-state index contributed by atoms with van der Waals surface area (Å²) < 4.78 is 1.98. The number of aromatic nitrogens is 2. The van der Waals surface area contributed by atoms with Gasteiger partial charge in [0.1, 0.15) is 11.6 Å². The fraction of sp³-hybridized carbons (Fsp3) is 0.125. The van der Waals surface area contributed by atoms with Crippen molar-refractivity contribution in [1.29, 1.82) is 0 Å². The number of phenolic OH excluding ortho intramolecular Hbond substituents is 3. The zero-order chi connectivity index (χ0) is 36.8. The molecule has 6 rings (SSSR count). The van der Waals surface area contributed by atoms with Crippen LogP contribution in [0.5, 0.6) is 17.2 Å². The summed E-state index contributed by atoms with van der Waals surface area (Å²) in [5.74, 6) is -2.66. The first kappa shape index (κ1) is 34.9. The zero-order valence-corrected chi connectivity index (χ0v) is 28.0. The number of imidazole rings is 1. The van der Waals surface area contributed by atoms with E-state index in [1.165, 1.54) is 24.3 Å². The lowest BCUT2D eigenvalue weighted by Crippen LogP contribution is -2.48. The Kier molecular flexibility index (Phi) is 9.99. The molecule has 5 N–H and O–H groups in total. The van der Waals surface area contributed by atoms with Gasteiger partial charge in [-0.05, 0) is 53.4 Å². The highest BCUT2D eigenvalue weighted by molar-refractivity contribution is 5.98. The molecule has 0 aliphatic rings. The van der Waals surface area contributed by atoms with Gasteiger partial charge in [0.2, 0.25) is 5.91 Å². The van der Waals surface area contributed by atoms with Crippen molar-refractivity contribution >= 4 is 17.5 Å². The van der Waals surface area contributed by atoms with E-state index in [0.29, 0.717) is 11.3 Å². The predicted octanol–water partition coefficient (Wildman–Crippen LogP) is 5.71. The SMILES string of the molecule is Cc1ccc(C(c2ccccc2)(c2ccccc2)n2cnc(C[C@H](NC(=O)c3ccc(O)c([N+](=O)[O-])c3)C(=O)NCc3ccc(O)c(O)c3)c2)cc1. The molecule has 12 heteroatoms. The van der Waals surface area contributed by atoms with E-state index in [0.717, 1.165) is 34.4 Å². The summed E-state index contributed by atoms with van der Waals surface area (Å²) in [5.41, 5.74) is 3.25. The van der Waals surface area contributed by atoms with E-state index in [4.69, 9.17) is 4.98 Å². The highest BCUT2D eigenvalue weighted by Gasteiger charge is 2.38. The van der Waals surface area contributed by atoms with Crippen molar-refractivity contribution in [2.75, 3.05) is 0 Å². The van der Waals surface area contributed by atoms with Crippen molar-refractivity contribution in [3.8, 4) is 17.2 Å². The number of nitrogens with zero attached hydrogens (tertiary/aromatic N) is 3. The molecule has 2 amide bonds. The minimum absolute atomic E-state index is 0.0449. The average molecular weight is 698 g/mol. The lowest BCUT2D eigenvalue weighted by Gasteiger charge is -2.37. The van der Waals surface area contributed by atoms with Gasteiger partial charge in [0.25, 0.3) is 5.91 Å². The van der Waals surface area contributed by atoms with Crippen LogP contribution in [0.4, 0.5) is 5.69 Å². The summed E-state index contributed by atoms with van der Waals surface area (Å²) in [6, 6.07) is 34.3. The van der Waals surface area contributed by atoms with E-state index in [1.54, 1.807) is 6.33 Å². The number of benzene rings is 5. The normalized spacial score (nSPS) is 11.8. The first-order valence-corrected chi connectivity index (χ1v) is 16.3. The maximum atomic E-state index is 13.7. The van der Waals surface area contributed by atoms with Crippen molar-refractivity contribution in [2.24, 2.45) is 0 Å². The predicted molar refractivity (Wildman–Crippen MR) is 193 cm³/mol. The number of hydrogen-bond donors (Lipinski definition) is 5. The number of nitro groups is 1. The summed E-state index contributed by atoms with van der Waals surface area (Å²) in [5, 5.41) is 46.4. The number of aromatic hydroxyl groups is 3. The van der Waals surface area contributed by atoms with Gasteiger partial charge in [0.05, 0.1) is 16.9 Å². The van der Waals surface area contributed by atoms with Crippen LogP contribution in [0, 0.1) is 17.0 Å². The fourth-order valence-electron chi connectivity index (χ4n) is 6.22. The van der Waals surface area contributed by atoms with Crippen LogP contribution in [-0.2, 0) is 23.3 Å². The summed E-state index contributed by atoms with van der Waals surface area (Å²) in [6.07, 6.45) is 3.45. The van der Waals surface area contributed by atoms with Crippen molar-refractivity contribution in [3.05, 3.63) is 183 Å². The molecule has 0 bridgehead atoms. The van der Waals surface area contributed by atoms with Gasteiger partial charge < -0.3 is 30.5 Å². The molecule has 6 aromatic rings. The Bertz CT molecular complexity index is 2180. The minimum Gasteiger partial charge on any atom is -0.504 e. The molecular formula is C40H35N5O7. The van der Waals surface area contributed by atoms with Crippen molar-refractivity contribution in [1.82, 2.24) is 20.2 Å². The van der Waals surface area contributed by atoms with Crippen LogP contribution in [0.25, 0.3) is 0 Å². The summed E-state index contributed by atoms with van der Waals surface area (Å²) >= 11 is 0. The van der Waals surface area contributed by atoms with Crippen LogP contribution >= 0.6 is 0 Å². The maximum absolute atomic E-state index is 13.7. The smallest absolute Gasteiger partial charge is 0.311 e. The average Bonchev–Trinajstić information content (AvgIpc) is 3.62. The topological polar surface area (TPSA) is 180 Å². The Labute approximate surface area is 298 Å². The van der Waals surface area contributed by atoms with Gasteiger partial charge in [0, 0.05) is 30.8 Å². The standard InChI is InChI=1S/C40H35N5O7/c1-26-12-16-31(17-13-26)40(29-8-4-2-5-9-29,30-10-6-3-7-11-30)44-24-32(42-25-44)22-33(39(50)41-23-27-14-18-36(47)37(48)20-27)43-38(49)28-15-19-35(46)34(21-28)45(51)52/h2-21,24-25,33,46-48H,22-23H2,1H3,(H,41,50)(H,43,49)/t33-/m0/s1. The Balaban J connectivity index is 1.38. The van der Waals surface area contributed by atoms with E-state index in [2.05, 4.69) is 22.8 Å². The van der Waals surface area contributed by atoms with Crippen LogP contribution in [0.1, 0.15) is 43.9 Å². The maximum Gasteiger partial charge on any atom is 0.311 e. The molecule has 0 aliphatic heterocycles. The van der Waals surface area contributed by atoms with Crippen LogP contribution in [-0.4, -0.2) is 47.7 Å². The number of hydrogen-bond acceptors (Lipinski definition) is 8. The van der Waals surface area contributed by atoms with E-state index in [-0.39, 0.29) is 30.0 Å². The Morgan fingerprint density at radius 1 is 0.808 bits per heavy atom. The minimum atomic E-state index is -1.21. The van der Waals surface area contributed by atoms with E-state index < -0.39 is 39.8 Å². The number of carbonyl (C=O) groups excluding carboxylic acids is 2. The number of nitro benzene ring substituents is 1. The van der Waals surface area contributed by atoms with Gasteiger partial charge >= 0.3 is 5.69 Å². The van der Waals surface area contributed by atoms with Gasteiger partial charge in [0.15, 0.2) is 17.2 Å². The molecule has 0 aliphatic carbocycles. The Hall–Kier alpha value is -6.95. The second-order valence-corrected chi connectivity index (χ2v) is 12.3. The molecule has 0 saturated heterocycles. The molecule has 1 atom stereocenters. The first-order valence-electron chi connectivity index (χ1n) is 16.3. The van der Waals surface area contributed by atoms with Crippen molar-refractivity contribution in [2.45, 2.75) is 31.5 Å². The lowest BCUT2D eigenvalue weighted by atomic mass is 9.76. The number of aryl methyl sites for hydroxylation is 1. The molecule has 52 heavy (non-hydrogen) atoms. The van der Waals surface area contributed by atoms with Crippen molar-refractivity contribution < 1.29 is 29.8 Å². The second kappa shape index (κ2) is 14.9. The zero-order valence-electron chi connectivity index (χ0n) is 28.0. The van der Waals surface area contributed by atoms with Gasteiger partial charge in [-0.15, -0.1) is 0 Å². The third-order valence-electron chi connectivity index (χ3n) is 8.85. The molecule has 1 aromatic heterocycles. The molecule has 0 spiro atoms. The monoisotopic (exact) mass is 697 g/mol. The van der Waals surface area contributed by atoms with Crippen LogP contribution in [0.3, 0.4) is 0 Å². The van der Waals surface area contributed by atoms with Crippen LogP contribution in [0.15, 0.2) is 134 Å². The molecule has 0 saturated carbocycles. The van der Waals surface area contributed by atoms with Crippen molar-refractivity contribution in [3.63, 3.8) is 0 Å². The molecule has 0 radical (unpaired) electrons. The largest absolute Gasteiger partial charge is 0.504 e.